The van der Waals surface area contributed by atoms with E-state index < -0.39 is 0 Å². The molecule has 0 aliphatic heterocycles. The van der Waals surface area contributed by atoms with Crippen LogP contribution in [0.2, 0.25) is 0 Å². The number of anilines is 1. The first kappa shape index (κ1) is 19.2. The number of hydrogen-bond donors (Lipinski definition) is 2. The maximum Gasteiger partial charge on any atom is 0.320 e. The van der Waals surface area contributed by atoms with Crippen LogP contribution in [0.5, 0.6) is 0 Å². The van der Waals surface area contributed by atoms with E-state index in [-0.39, 0.29) is 19.2 Å². The maximum atomic E-state index is 12.4. The molecule has 2 aromatic rings. The molecule has 0 heterocycles. The van der Waals surface area contributed by atoms with Gasteiger partial charge in [0.2, 0.25) is 0 Å². The van der Waals surface area contributed by atoms with E-state index in [1.807, 2.05) is 24.3 Å². The molecule has 0 fully saturated rings. The quantitative estimate of drug-likeness (QED) is 0.372. The zero-order valence-corrected chi connectivity index (χ0v) is 15.4. The van der Waals surface area contributed by atoms with Gasteiger partial charge in [0.1, 0.15) is 0 Å². The monoisotopic (exact) mass is 355 g/mol. The molecule has 0 unspecified atom stereocenters. The number of benzene rings is 2. The number of amides is 1. The fraction of sp³-hybridized carbons (Fsp3) is 0.250. The average molecular weight is 355 g/mol. The van der Waals surface area contributed by atoms with Gasteiger partial charge >= 0.3 is 6.47 Å². The van der Waals surface area contributed by atoms with E-state index >= 15 is 0 Å². The van der Waals surface area contributed by atoms with Gasteiger partial charge in [0.25, 0.3) is 5.91 Å². The van der Waals surface area contributed by atoms with Crippen LogP contribution in [-0.4, -0.2) is 25.3 Å². The number of aliphatic imine (C=N–C) groups is 1. The van der Waals surface area contributed by atoms with Crippen molar-refractivity contribution in [3.05, 3.63) is 65.2 Å². The van der Waals surface area contributed by atoms with Crippen molar-refractivity contribution < 1.29 is 15.9 Å². The second-order valence-electron chi connectivity index (χ2n) is 6.75. The Morgan fingerprint density at radius 1 is 1.04 bits per heavy atom. The molecule has 0 aliphatic rings. The molecule has 6 heteroatoms. The van der Waals surface area contributed by atoms with Crippen LogP contribution in [0, 0.1) is 0 Å². The molecule has 0 saturated carbocycles. The van der Waals surface area contributed by atoms with Crippen molar-refractivity contribution in [3.63, 3.8) is 0 Å². The van der Waals surface area contributed by atoms with Gasteiger partial charge in [-0.1, -0.05) is 45.0 Å². The Labute approximate surface area is 154 Å². The van der Waals surface area contributed by atoms with Crippen molar-refractivity contribution in [2.75, 3.05) is 12.4 Å². The van der Waals surface area contributed by atoms with E-state index in [0.29, 0.717) is 17.0 Å². The zero-order valence-electron chi connectivity index (χ0n) is 15.4. The lowest BCUT2D eigenvalue weighted by Crippen LogP contribution is -2.24. The van der Waals surface area contributed by atoms with Crippen LogP contribution < -0.4 is 10.8 Å². The minimum Gasteiger partial charge on any atom is -0.345 e. The van der Waals surface area contributed by atoms with Gasteiger partial charge < -0.3 is 10.2 Å². The van der Waals surface area contributed by atoms with Crippen molar-refractivity contribution in [2.45, 2.75) is 26.2 Å². The lowest BCUT2D eigenvalue weighted by molar-refractivity contribution is -0.132. The first-order valence-corrected chi connectivity index (χ1v) is 8.19. The van der Waals surface area contributed by atoms with E-state index in [4.69, 9.17) is 0 Å². The average Bonchev–Trinajstić information content (AvgIpc) is 2.62. The third-order valence-corrected chi connectivity index (χ3v) is 3.86. The fourth-order valence-electron chi connectivity index (χ4n) is 2.35. The predicted octanol–water partition coefficient (Wildman–Crippen LogP) is 3.54. The van der Waals surface area contributed by atoms with Crippen LogP contribution in [0.4, 0.5) is 5.69 Å². The molecule has 0 radical (unpaired) electrons. The molecule has 2 aromatic carbocycles. The topological polar surface area (TPSA) is 79.8 Å². The lowest BCUT2D eigenvalue weighted by Gasteiger charge is -2.19. The Morgan fingerprint density at radius 2 is 1.62 bits per heavy atom. The number of carbonyl (C=O) groups excluding carboxylic acids is 2. The van der Waals surface area contributed by atoms with Crippen LogP contribution in [0.15, 0.2) is 53.5 Å². The van der Waals surface area contributed by atoms with E-state index in [2.05, 4.69) is 41.4 Å². The number of nitrogens with zero attached hydrogens (tertiary/aromatic N) is 1. The Hall–Kier alpha value is -3.15. The number of rotatable bonds is 5. The summed E-state index contributed by atoms with van der Waals surface area (Å²) in [4.78, 5) is 31.1. The molecule has 26 heavy (non-hydrogen) atoms. The van der Waals surface area contributed by atoms with Crippen LogP contribution in [0.25, 0.3) is 0 Å². The minimum absolute atomic E-state index is 0. The van der Waals surface area contributed by atoms with Crippen molar-refractivity contribution >= 4 is 23.9 Å². The molecule has 0 saturated heterocycles. The molecule has 0 atom stereocenters. The lowest BCUT2D eigenvalue weighted by atomic mass is 9.87. The molecular weight excluding hydrogens is 330 g/mol. The van der Waals surface area contributed by atoms with E-state index in [1.54, 1.807) is 31.3 Å². The first-order valence-electron chi connectivity index (χ1n) is 8.19. The minimum atomic E-state index is -0.202. The summed E-state index contributed by atoms with van der Waals surface area (Å²) in [6, 6.07) is 14.6. The summed E-state index contributed by atoms with van der Waals surface area (Å²) in [5, 5.41) is 2.88. The summed E-state index contributed by atoms with van der Waals surface area (Å²) >= 11 is 0. The second-order valence-corrected chi connectivity index (χ2v) is 6.75. The highest BCUT2D eigenvalue weighted by Crippen LogP contribution is 2.23. The summed E-state index contributed by atoms with van der Waals surface area (Å²) in [5.41, 5.74) is 5.64. The van der Waals surface area contributed by atoms with E-state index in [0.717, 1.165) is 5.69 Å². The summed E-state index contributed by atoms with van der Waals surface area (Å²) in [5.74, 6) is 0.189. The Bertz CT molecular complexity index is 795. The molecule has 0 aromatic heterocycles. The highest BCUT2D eigenvalue weighted by atomic mass is 16.7. The summed E-state index contributed by atoms with van der Waals surface area (Å²) in [6.45, 7) is 6.71. The molecule has 6 nitrogen and oxygen atoms in total. The second kappa shape index (κ2) is 8.29. The fourth-order valence-corrected chi connectivity index (χ4v) is 2.35. The smallest absolute Gasteiger partial charge is 0.320 e. The SMILES string of the molecule is CN=C(NOC=O)c1ccc(C(=O)Nc2ccc(C(C)(C)C)cc2)cc1.[HH]. The summed E-state index contributed by atoms with van der Waals surface area (Å²) in [6.07, 6.45) is 0. The van der Waals surface area contributed by atoms with Crippen molar-refractivity contribution in [3.8, 4) is 0 Å². The molecule has 2 N–H and O–H groups in total. The van der Waals surface area contributed by atoms with Crippen LogP contribution in [-0.2, 0) is 15.0 Å². The highest BCUT2D eigenvalue weighted by molar-refractivity contribution is 6.05. The molecule has 1 amide bonds. The number of hydrogen-bond acceptors (Lipinski definition) is 4. The van der Waals surface area contributed by atoms with Gasteiger partial charge in [0, 0.05) is 25.3 Å². The first-order chi connectivity index (χ1) is 12.3. The Kier molecular flexibility index (Phi) is 6.11. The van der Waals surface area contributed by atoms with Crippen LogP contribution in [0.3, 0.4) is 0 Å². The number of nitrogens with one attached hydrogen (secondary N) is 2. The molecular formula is C20H25N3O3. The van der Waals surface area contributed by atoms with Crippen molar-refractivity contribution in [1.29, 1.82) is 0 Å². The molecule has 2 rings (SSSR count). The van der Waals surface area contributed by atoms with Gasteiger partial charge in [-0.25, -0.2) is 5.48 Å². The van der Waals surface area contributed by atoms with E-state index in [9.17, 15) is 9.59 Å². The van der Waals surface area contributed by atoms with Crippen molar-refractivity contribution in [1.82, 2.24) is 5.48 Å². The highest BCUT2D eigenvalue weighted by Gasteiger charge is 2.13. The van der Waals surface area contributed by atoms with Crippen LogP contribution in [0.1, 0.15) is 43.7 Å². The normalized spacial score (nSPS) is 11.6. The van der Waals surface area contributed by atoms with Crippen molar-refractivity contribution in [2.24, 2.45) is 4.99 Å². The Balaban J connectivity index is 0.00000364. The van der Waals surface area contributed by atoms with Gasteiger partial charge in [-0.2, -0.15) is 0 Å². The molecule has 0 spiro atoms. The largest absolute Gasteiger partial charge is 0.345 e. The van der Waals surface area contributed by atoms with Gasteiger partial charge in [-0.15, -0.1) is 0 Å². The van der Waals surface area contributed by atoms with Gasteiger partial charge in [-0.05, 0) is 35.2 Å². The van der Waals surface area contributed by atoms with Gasteiger partial charge in [-0.3, -0.25) is 14.6 Å². The molecule has 0 bridgehead atoms. The third-order valence-electron chi connectivity index (χ3n) is 3.86. The number of hydroxylamine groups is 1. The number of carbonyl (C=O) groups is 2. The van der Waals surface area contributed by atoms with E-state index in [1.165, 1.54) is 5.56 Å². The summed E-state index contributed by atoms with van der Waals surface area (Å²) < 4.78 is 0. The van der Waals surface area contributed by atoms with Crippen LogP contribution >= 0.6 is 0 Å². The third kappa shape index (κ3) is 4.92. The molecule has 138 valence electrons. The number of amidine groups is 1. The Morgan fingerprint density at radius 3 is 2.12 bits per heavy atom. The zero-order chi connectivity index (χ0) is 19.2. The predicted molar refractivity (Wildman–Crippen MR) is 104 cm³/mol. The molecule has 0 aliphatic carbocycles. The van der Waals surface area contributed by atoms with Gasteiger partial charge in [0.05, 0.1) is 0 Å². The standard InChI is InChI=1S/C20H23N3O3.H2/c1-20(2,3)16-9-11-17(12-10-16)22-19(25)15-7-5-14(6-8-15)18(21-4)23-26-13-24;/h5-13H,1-4H3,(H,21,23)(H,22,25);1H. The van der Waals surface area contributed by atoms with Gasteiger partial charge in [0.15, 0.2) is 5.84 Å². The summed E-state index contributed by atoms with van der Waals surface area (Å²) in [7, 11) is 1.57. The maximum absolute atomic E-state index is 12.4.